The molecule has 136 valence electrons. The summed E-state index contributed by atoms with van der Waals surface area (Å²) in [5.74, 6) is -2.89. The molecule has 0 aliphatic rings. The van der Waals surface area contributed by atoms with E-state index in [0.717, 1.165) is 4.57 Å². The standard InChI is InChI=1S/C16H18F3N3O3/c1-4-10(14(24)25)20-13(23)9-5-6-12-11(7-9)21-15(16(17,18)19)22(12)8(2)3/h5-8,10H,4H2,1-3H3,(H,20,23)(H,24,25). The highest BCUT2D eigenvalue weighted by molar-refractivity contribution is 5.99. The van der Waals surface area contributed by atoms with Gasteiger partial charge in [-0.1, -0.05) is 6.92 Å². The summed E-state index contributed by atoms with van der Waals surface area (Å²) in [5, 5.41) is 11.3. The monoisotopic (exact) mass is 357 g/mol. The van der Waals surface area contributed by atoms with Crippen molar-refractivity contribution in [2.24, 2.45) is 0 Å². The first-order valence-corrected chi connectivity index (χ1v) is 7.69. The normalized spacial score (nSPS) is 13.2. The Bertz CT molecular complexity index is 812. The summed E-state index contributed by atoms with van der Waals surface area (Å²) in [6.07, 6.45) is -4.44. The fourth-order valence-corrected chi connectivity index (χ4v) is 2.54. The Morgan fingerprint density at radius 3 is 2.44 bits per heavy atom. The second-order valence-corrected chi connectivity index (χ2v) is 5.87. The van der Waals surface area contributed by atoms with Crippen molar-refractivity contribution in [3.8, 4) is 0 Å². The molecule has 1 amide bonds. The summed E-state index contributed by atoms with van der Waals surface area (Å²) in [5.41, 5.74) is 0.329. The molecule has 9 heteroatoms. The molecule has 0 spiro atoms. The number of benzene rings is 1. The molecule has 2 rings (SSSR count). The van der Waals surface area contributed by atoms with Gasteiger partial charge in [0.1, 0.15) is 6.04 Å². The Morgan fingerprint density at radius 1 is 1.32 bits per heavy atom. The number of hydrogen-bond donors (Lipinski definition) is 2. The Kier molecular flexibility index (Phi) is 5.05. The molecule has 0 aliphatic heterocycles. The largest absolute Gasteiger partial charge is 0.480 e. The van der Waals surface area contributed by atoms with E-state index in [9.17, 15) is 22.8 Å². The number of nitrogens with zero attached hydrogens (tertiary/aromatic N) is 2. The van der Waals surface area contributed by atoms with Gasteiger partial charge in [-0.25, -0.2) is 9.78 Å². The third kappa shape index (κ3) is 3.75. The third-order valence-electron chi connectivity index (χ3n) is 3.73. The van der Waals surface area contributed by atoms with Gasteiger partial charge in [-0.2, -0.15) is 13.2 Å². The van der Waals surface area contributed by atoms with Crippen molar-refractivity contribution in [1.82, 2.24) is 14.9 Å². The van der Waals surface area contributed by atoms with E-state index in [4.69, 9.17) is 5.11 Å². The summed E-state index contributed by atoms with van der Waals surface area (Å²) < 4.78 is 40.6. The zero-order chi connectivity index (χ0) is 18.9. The zero-order valence-electron chi connectivity index (χ0n) is 13.9. The van der Waals surface area contributed by atoms with E-state index in [-0.39, 0.29) is 23.0 Å². The SMILES string of the molecule is CCC(NC(=O)c1ccc2c(c1)nc(C(F)(F)F)n2C(C)C)C(=O)O. The molecule has 2 N–H and O–H groups in total. The molecule has 6 nitrogen and oxygen atoms in total. The van der Waals surface area contributed by atoms with E-state index in [2.05, 4.69) is 10.3 Å². The molecule has 2 aromatic rings. The molecule has 1 unspecified atom stereocenters. The summed E-state index contributed by atoms with van der Waals surface area (Å²) in [7, 11) is 0. The number of aliphatic carboxylic acids is 1. The second-order valence-electron chi connectivity index (χ2n) is 5.87. The van der Waals surface area contributed by atoms with Crippen LogP contribution in [0.5, 0.6) is 0 Å². The van der Waals surface area contributed by atoms with Crippen molar-refractivity contribution in [3.05, 3.63) is 29.6 Å². The minimum Gasteiger partial charge on any atom is -0.480 e. The van der Waals surface area contributed by atoms with Crippen LogP contribution in [0, 0.1) is 0 Å². The van der Waals surface area contributed by atoms with Gasteiger partial charge in [-0.3, -0.25) is 4.79 Å². The molecule has 0 bridgehead atoms. The topological polar surface area (TPSA) is 84.2 Å². The maximum absolute atomic E-state index is 13.2. The first kappa shape index (κ1) is 18.8. The van der Waals surface area contributed by atoms with Crippen molar-refractivity contribution in [1.29, 1.82) is 0 Å². The van der Waals surface area contributed by atoms with E-state index >= 15 is 0 Å². The lowest BCUT2D eigenvalue weighted by Gasteiger charge is -2.15. The quantitative estimate of drug-likeness (QED) is 0.860. The van der Waals surface area contributed by atoms with Crippen LogP contribution in [0.2, 0.25) is 0 Å². The van der Waals surface area contributed by atoms with Crippen LogP contribution in [-0.4, -0.2) is 32.6 Å². The molecule has 1 aromatic heterocycles. The van der Waals surface area contributed by atoms with Crippen LogP contribution >= 0.6 is 0 Å². The lowest BCUT2D eigenvalue weighted by molar-refractivity contribution is -0.147. The maximum Gasteiger partial charge on any atom is 0.449 e. The van der Waals surface area contributed by atoms with Gasteiger partial charge >= 0.3 is 12.1 Å². The maximum atomic E-state index is 13.2. The predicted molar refractivity (Wildman–Crippen MR) is 84.3 cm³/mol. The van der Waals surface area contributed by atoms with Crippen LogP contribution in [0.3, 0.4) is 0 Å². The molecule has 0 saturated heterocycles. The van der Waals surface area contributed by atoms with Crippen molar-refractivity contribution in [2.45, 2.75) is 45.5 Å². The number of carbonyl (C=O) groups is 2. The van der Waals surface area contributed by atoms with Crippen molar-refractivity contribution < 1.29 is 27.9 Å². The number of carboxylic acids is 1. The van der Waals surface area contributed by atoms with Gasteiger partial charge in [-0.15, -0.1) is 0 Å². The number of carbonyl (C=O) groups excluding carboxylic acids is 1. The average molecular weight is 357 g/mol. The van der Waals surface area contributed by atoms with E-state index in [0.29, 0.717) is 0 Å². The van der Waals surface area contributed by atoms with Gasteiger partial charge in [0.15, 0.2) is 0 Å². The van der Waals surface area contributed by atoms with E-state index < -0.39 is 36.0 Å². The van der Waals surface area contributed by atoms with E-state index in [1.54, 1.807) is 20.8 Å². The molecule has 1 atom stereocenters. The van der Waals surface area contributed by atoms with Crippen LogP contribution in [0.1, 0.15) is 49.4 Å². The molecule has 1 heterocycles. The molecule has 0 fully saturated rings. The predicted octanol–water partition coefficient (Wildman–Crippen LogP) is 3.23. The van der Waals surface area contributed by atoms with Crippen LogP contribution < -0.4 is 5.32 Å². The number of halogens is 3. The molecule has 0 aliphatic carbocycles. The summed E-state index contributed by atoms with van der Waals surface area (Å²) in [6, 6.07) is 2.43. The van der Waals surface area contributed by atoms with Crippen LogP contribution in [0.15, 0.2) is 18.2 Å². The van der Waals surface area contributed by atoms with Crippen LogP contribution in [0.4, 0.5) is 13.2 Å². The van der Waals surface area contributed by atoms with Crippen LogP contribution in [-0.2, 0) is 11.0 Å². The number of fused-ring (bicyclic) bond motifs is 1. The Labute approximate surface area is 141 Å². The highest BCUT2D eigenvalue weighted by atomic mass is 19.4. The smallest absolute Gasteiger partial charge is 0.449 e. The molecule has 0 radical (unpaired) electrons. The molecule has 0 saturated carbocycles. The summed E-state index contributed by atoms with van der Waals surface area (Å²) in [4.78, 5) is 26.8. The van der Waals surface area contributed by atoms with Crippen molar-refractivity contribution in [3.63, 3.8) is 0 Å². The summed E-state index contributed by atoms with van der Waals surface area (Å²) >= 11 is 0. The van der Waals surface area contributed by atoms with Gasteiger partial charge < -0.3 is 15.0 Å². The number of hydrogen-bond acceptors (Lipinski definition) is 3. The number of amides is 1. The Hall–Kier alpha value is -2.58. The first-order chi connectivity index (χ1) is 11.6. The van der Waals surface area contributed by atoms with Gasteiger partial charge in [-0.05, 0) is 38.5 Å². The summed E-state index contributed by atoms with van der Waals surface area (Å²) in [6.45, 7) is 4.81. The van der Waals surface area contributed by atoms with Crippen molar-refractivity contribution >= 4 is 22.9 Å². The Morgan fingerprint density at radius 2 is 1.96 bits per heavy atom. The zero-order valence-corrected chi connectivity index (χ0v) is 13.9. The molecule has 25 heavy (non-hydrogen) atoms. The minimum atomic E-state index is -4.62. The van der Waals surface area contributed by atoms with Crippen molar-refractivity contribution in [2.75, 3.05) is 0 Å². The lowest BCUT2D eigenvalue weighted by atomic mass is 10.1. The number of imidazole rings is 1. The first-order valence-electron chi connectivity index (χ1n) is 7.69. The number of nitrogens with one attached hydrogen (secondary N) is 1. The lowest BCUT2D eigenvalue weighted by Crippen LogP contribution is -2.40. The highest BCUT2D eigenvalue weighted by Crippen LogP contribution is 2.33. The molecular formula is C16H18F3N3O3. The highest BCUT2D eigenvalue weighted by Gasteiger charge is 2.38. The molecular weight excluding hydrogens is 339 g/mol. The average Bonchev–Trinajstić information content (AvgIpc) is 2.90. The number of aromatic nitrogens is 2. The fourth-order valence-electron chi connectivity index (χ4n) is 2.54. The van der Waals surface area contributed by atoms with Gasteiger partial charge in [0.25, 0.3) is 5.91 Å². The van der Waals surface area contributed by atoms with Gasteiger partial charge in [0.2, 0.25) is 5.82 Å². The Balaban J connectivity index is 2.47. The number of carboxylic acid groups (broad SMARTS) is 1. The second kappa shape index (κ2) is 6.73. The fraction of sp³-hybridized carbons (Fsp3) is 0.438. The number of rotatable bonds is 5. The number of alkyl halides is 3. The van der Waals surface area contributed by atoms with Crippen LogP contribution in [0.25, 0.3) is 11.0 Å². The van der Waals surface area contributed by atoms with Gasteiger partial charge in [0.05, 0.1) is 11.0 Å². The minimum absolute atomic E-state index is 0.0250. The van der Waals surface area contributed by atoms with E-state index in [1.807, 2.05) is 0 Å². The van der Waals surface area contributed by atoms with Gasteiger partial charge in [0, 0.05) is 11.6 Å². The third-order valence-corrected chi connectivity index (χ3v) is 3.73. The molecule has 1 aromatic carbocycles. The van der Waals surface area contributed by atoms with E-state index in [1.165, 1.54) is 18.2 Å².